The average molecular weight is 350 g/mol. The molecule has 2 aliphatic rings. The number of piperazine rings is 1. The van der Waals surface area contributed by atoms with E-state index >= 15 is 0 Å². The Bertz CT molecular complexity index is 453. The Morgan fingerprint density at radius 1 is 0.920 bits per heavy atom. The molecule has 0 unspecified atom stereocenters. The van der Waals surface area contributed by atoms with Crippen molar-refractivity contribution >= 4 is 11.4 Å². The molecule has 2 N–H and O–H groups in total. The standard InChI is InChI=1S/C12H19N3.C7H16N2O/c1-13-11-3-5-12(6-4-11)15-9-7-14(2)8-10-15;1-8-2-3-9-4-6-10-7-5-9/h3-6,13H,7-10H2,1-2H3;8H,2-7H2,1H3. The van der Waals surface area contributed by atoms with Crippen LogP contribution in [0.4, 0.5) is 11.4 Å². The van der Waals surface area contributed by atoms with Crippen molar-refractivity contribution in [2.24, 2.45) is 0 Å². The Labute approximate surface area is 153 Å². The summed E-state index contributed by atoms with van der Waals surface area (Å²) in [5.74, 6) is 0. The van der Waals surface area contributed by atoms with Gasteiger partial charge in [0.2, 0.25) is 0 Å². The molecule has 0 radical (unpaired) electrons. The number of hydrogen-bond donors (Lipinski definition) is 2. The monoisotopic (exact) mass is 349 g/mol. The molecular weight excluding hydrogens is 314 g/mol. The Hall–Kier alpha value is -1.34. The highest BCUT2D eigenvalue weighted by molar-refractivity contribution is 5.55. The summed E-state index contributed by atoms with van der Waals surface area (Å²) < 4.78 is 5.22. The van der Waals surface area contributed by atoms with Gasteiger partial charge in [-0.2, -0.15) is 0 Å². The van der Waals surface area contributed by atoms with E-state index in [1.165, 1.54) is 11.4 Å². The molecule has 2 saturated heterocycles. The molecule has 6 nitrogen and oxygen atoms in total. The third kappa shape index (κ3) is 7.20. The summed E-state index contributed by atoms with van der Waals surface area (Å²) in [5, 5.41) is 6.27. The second-order valence-corrected chi connectivity index (χ2v) is 6.64. The van der Waals surface area contributed by atoms with Crippen molar-refractivity contribution in [1.29, 1.82) is 0 Å². The van der Waals surface area contributed by atoms with Gasteiger partial charge < -0.3 is 25.2 Å². The van der Waals surface area contributed by atoms with Crippen LogP contribution in [0, 0.1) is 0 Å². The van der Waals surface area contributed by atoms with Gasteiger partial charge in [-0.05, 0) is 38.4 Å². The molecule has 2 heterocycles. The van der Waals surface area contributed by atoms with Crippen LogP contribution in [0.2, 0.25) is 0 Å². The number of benzene rings is 1. The molecule has 1 aromatic rings. The first-order chi connectivity index (χ1) is 12.2. The molecule has 2 aliphatic heterocycles. The molecule has 0 amide bonds. The van der Waals surface area contributed by atoms with E-state index in [2.05, 4.69) is 56.6 Å². The van der Waals surface area contributed by atoms with E-state index in [1.54, 1.807) is 0 Å². The van der Waals surface area contributed by atoms with Crippen molar-refractivity contribution in [1.82, 2.24) is 15.1 Å². The number of morpholine rings is 1. The normalized spacial score (nSPS) is 19.2. The zero-order valence-electron chi connectivity index (χ0n) is 16.1. The zero-order valence-corrected chi connectivity index (χ0v) is 16.1. The van der Waals surface area contributed by atoms with Crippen LogP contribution in [0.25, 0.3) is 0 Å². The molecule has 2 fully saturated rings. The van der Waals surface area contributed by atoms with Gasteiger partial charge in [-0.3, -0.25) is 4.90 Å². The minimum atomic E-state index is 0.906. The Balaban J connectivity index is 0.000000196. The zero-order chi connectivity index (χ0) is 17.9. The van der Waals surface area contributed by atoms with Gasteiger partial charge in [0.15, 0.2) is 0 Å². The fraction of sp³-hybridized carbons (Fsp3) is 0.684. The Morgan fingerprint density at radius 2 is 1.56 bits per heavy atom. The highest BCUT2D eigenvalue weighted by atomic mass is 16.5. The quantitative estimate of drug-likeness (QED) is 0.827. The van der Waals surface area contributed by atoms with Crippen molar-refractivity contribution in [2.45, 2.75) is 0 Å². The van der Waals surface area contributed by atoms with E-state index < -0.39 is 0 Å². The molecule has 0 spiro atoms. The van der Waals surface area contributed by atoms with Gasteiger partial charge in [-0.1, -0.05) is 0 Å². The lowest BCUT2D eigenvalue weighted by Gasteiger charge is -2.34. The first-order valence-corrected chi connectivity index (χ1v) is 9.39. The third-order valence-electron chi connectivity index (χ3n) is 4.81. The van der Waals surface area contributed by atoms with Crippen LogP contribution in [0.1, 0.15) is 0 Å². The fourth-order valence-electron chi connectivity index (χ4n) is 3.00. The van der Waals surface area contributed by atoms with Gasteiger partial charge in [-0.25, -0.2) is 0 Å². The van der Waals surface area contributed by atoms with Gasteiger partial charge in [0.25, 0.3) is 0 Å². The summed E-state index contributed by atoms with van der Waals surface area (Å²) in [6.07, 6.45) is 0. The molecule has 0 atom stereocenters. The van der Waals surface area contributed by atoms with E-state index in [-0.39, 0.29) is 0 Å². The number of anilines is 2. The van der Waals surface area contributed by atoms with Crippen LogP contribution in [0.15, 0.2) is 24.3 Å². The van der Waals surface area contributed by atoms with E-state index in [0.717, 1.165) is 65.6 Å². The largest absolute Gasteiger partial charge is 0.388 e. The van der Waals surface area contributed by atoms with Crippen LogP contribution in [0.3, 0.4) is 0 Å². The molecule has 6 heteroatoms. The van der Waals surface area contributed by atoms with E-state index in [0.29, 0.717) is 0 Å². The van der Waals surface area contributed by atoms with Gasteiger partial charge in [0.05, 0.1) is 13.2 Å². The molecule has 1 aromatic carbocycles. The number of rotatable bonds is 5. The topological polar surface area (TPSA) is 43.0 Å². The number of nitrogens with zero attached hydrogens (tertiary/aromatic N) is 3. The highest BCUT2D eigenvalue weighted by Gasteiger charge is 2.13. The lowest BCUT2D eigenvalue weighted by Crippen LogP contribution is -2.44. The molecule has 142 valence electrons. The third-order valence-corrected chi connectivity index (χ3v) is 4.81. The highest BCUT2D eigenvalue weighted by Crippen LogP contribution is 2.18. The minimum absolute atomic E-state index is 0.906. The van der Waals surface area contributed by atoms with Gasteiger partial charge in [0, 0.05) is 70.8 Å². The molecule has 0 bridgehead atoms. The molecule has 0 saturated carbocycles. The van der Waals surface area contributed by atoms with E-state index in [4.69, 9.17) is 4.74 Å². The average Bonchev–Trinajstić information content (AvgIpc) is 2.68. The van der Waals surface area contributed by atoms with Gasteiger partial charge >= 0.3 is 0 Å². The Kier molecular flexibility index (Phi) is 9.04. The first-order valence-electron chi connectivity index (χ1n) is 9.39. The first kappa shape index (κ1) is 20.0. The maximum atomic E-state index is 5.22. The van der Waals surface area contributed by atoms with Crippen LogP contribution < -0.4 is 15.5 Å². The van der Waals surface area contributed by atoms with E-state index in [9.17, 15) is 0 Å². The minimum Gasteiger partial charge on any atom is -0.388 e. The molecule has 0 aromatic heterocycles. The number of likely N-dealkylation sites (N-methyl/N-ethyl adjacent to an activating group) is 2. The molecule has 0 aliphatic carbocycles. The lowest BCUT2D eigenvalue weighted by molar-refractivity contribution is 0.0386. The van der Waals surface area contributed by atoms with Crippen LogP contribution in [-0.2, 0) is 4.74 Å². The summed E-state index contributed by atoms with van der Waals surface area (Å²) >= 11 is 0. The fourth-order valence-corrected chi connectivity index (χ4v) is 3.00. The lowest BCUT2D eigenvalue weighted by atomic mass is 10.2. The van der Waals surface area contributed by atoms with Crippen molar-refractivity contribution in [3.8, 4) is 0 Å². The predicted molar refractivity (Wildman–Crippen MR) is 107 cm³/mol. The van der Waals surface area contributed by atoms with Crippen molar-refractivity contribution in [3.63, 3.8) is 0 Å². The summed E-state index contributed by atoms with van der Waals surface area (Å²) in [7, 11) is 6.12. The summed E-state index contributed by atoms with van der Waals surface area (Å²) in [4.78, 5) is 7.23. The Morgan fingerprint density at radius 3 is 2.12 bits per heavy atom. The second-order valence-electron chi connectivity index (χ2n) is 6.64. The summed E-state index contributed by atoms with van der Waals surface area (Å²) in [5.41, 5.74) is 2.51. The maximum Gasteiger partial charge on any atom is 0.0594 e. The van der Waals surface area contributed by atoms with Crippen LogP contribution in [0.5, 0.6) is 0 Å². The molecular formula is C19H35N5O. The number of nitrogens with one attached hydrogen (secondary N) is 2. The second kappa shape index (κ2) is 11.3. The van der Waals surface area contributed by atoms with Crippen LogP contribution in [-0.4, -0.2) is 96.5 Å². The summed E-state index contributed by atoms with van der Waals surface area (Å²) in [6.45, 7) is 10.8. The number of hydrogen-bond acceptors (Lipinski definition) is 6. The van der Waals surface area contributed by atoms with Crippen LogP contribution >= 0.6 is 0 Å². The summed E-state index contributed by atoms with van der Waals surface area (Å²) in [6, 6.07) is 8.65. The SMILES string of the molecule is CNCCN1CCOCC1.CNc1ccc(N2CCN(C)CC2)cc1. The smallest absolute Gasteiger partial charge is 0.0594 e. The maximum absolute atomic E-state index is 5.22. The van der Waals surface area contributed by atoms with E-state index in [1.807, 2.05) is 14.1 Å². The predicted octanol–water partition coefficient (Wildman–Crippen LogP) is 1.02. The van der Waals surface area contributed by atoms with Crippen molar-refractivity contribution in [3.05, 3.63) is 24.3 Å². The molecule has 25 heavy (non-hydrogen) atoms. The van der Waals surface area contributed by atoms with Gasteiger partial charge in [0.1, 0.15) is 0 Å². The molecule has 3 rings (SSSR count). The van der Waals surface area contributed by atoms with Crippen molar-refractivity contribution in [2.75, 3.05) is 96.9 Å². The van der Waals surface area contributed by atoms with Crippen molar-refractivity contribution < 1.29 is 4.74 Å². The number of ether oxygens (including phenoxy) is 1. The van der Waals surface area contributed by atoms with Gasteiger partial charge in [-0.15, -0.1) is 0 Å².